The second-order valence-corrected chi connectivity index (χ2v) is 6.86. The first-order valence-electron chi connectivity index (χ1n) is 8.10. The average molecular weight is 394 g/mol. The van der Waals surface area contributed by atoms with Crippen LogP contribution in [-0.4, -0.2) is 15.9 Å². The first-order chi connectivity index (χ1) is 12.2. The molecule has 0 spiro atoms. The number of rotatable bonds is 4. The van der Waals surface area contributed by atoms with E-state index in [4.69, 9.17) is 0 Å². The molecule has 0 atom stereocenters. The molecule has 4 nitrogen and oxygen atoms in total. The minimum absolute atomic E-state index is 0.0110. The molecule has 0 aliphatic rings. The number of aryl methyl sites for hydroxylation is 1. The van der Waals surface area contributed by atoms with Gasteiger partial charge in [0.25, 0.3) is 0 Å². The van der Waals surface area contributed by atoms with E-state index < -0.39 is 0 Å². The number of hydrogen-bond acceptors (Lipinski definition) is 2. The van der Waals surface area contributed by atoms with E-state index >= 15 is 0 Å². The number of carbonyl (C=O) groups is 1. The highest BCUT2D eigenvalue weighted by Crippen LogP contribution is 2.25. The van der Waals surface area contributed by atoms with Crippen LogP contribution >= 0.6 is 15.9 Å². The summed E-state index contributed by atoms with van der Waals surface area (Å²) < 4.78 is 0.988. The molecule has 2 N–H and O–H groups in total. The highest BCUT2D eigenvalue weighted by atomic mass is 79.9. The van der Waals surface area contributed by atoms with Crippen LogP contribution in [0.5, 0.6) is 0 Å². The van der Waals surface area contributed by atoms with Gasteiger partial charge in [-0.15, -0.1) is 0 Å². The van der Waals surface area contributed by atoms with Crippen LogP contribution in [0.1, 0.15) is 12.1 Å². The molecule has 124 valence electrons. The van der Waals surface area contributed by atoms with Crippen LogP contribution in [-0.2, 0) is 11.2 Å². The van der Waals surface area contributed by atoms with Crippen molar-refractivity contribution in [3.8, 4) is 0 Å². The van der Waals surface area contributed by atoms with Crippen molar-refractivity contribution in [2.24, 2.45) is 0 Å². The van der Waals surface area contributed by atoms with E-state index in [2.05, 4.69) is 49.4 Å². The van der Waals surface area contributed by atoms with Crippen molar-refractivity contribution in [3.05, 3.63) is 71.0 Å². The lowest BCUT2D eigenvalue weighted by Crippen LogP contribution is -2.12. The van der Waals surface area contributed by atoms with Crippen molar-refractivity contribution in [1.29, 1.82) is 0 Å². The van der Waals surface area contributed by atoms with Crippen LogP contribution in [0.25, 0.3) is 21.8 Å². The average Bonchev–Trinajstić information content (AvgIpc) is 3.00. The molecular weight excluding hydrogens is 378 g/mol. The van der Waals surface area contributed by atoms with E-state index in [0.29, 0.717) is 12.8 Å². The summed E-state index contributed by atoms with van der Waals surface area (Å²) in [6, 6.07) is 17.8. The number of H-pyrrole nitrogens is 1. The summed E-state index contributed by atoms with van der Waals surface area (Å²) in [5, 5.41) is 5.24. The number of pyridine rings is 1. The van der Waals surface area contributed by atoms with E-state index in [0.717, 1.165) is 32.3 Å². The van der Waals surface area contributed by atoms with Crippen LogP contribution < -0.4 is 5.32 Å². The van der Waals surface area contributed by atoms with Crippen LogP contribution in [0.3, 0.4) is 0 Å². The van der Waals surface area contributed by atoms with Crippen LogP contribution in [0.2, 0.25) is 0 Å². The fourth-order valence-corrected chi connectivity index (χ4v) is 3.19. The Morgan fingerprint density at radius 2 is 1.84 bits per heavy atom. The number of aromatic amines is 1. The van der Waals surface area contributed by atoms with Gasteiger partial charge in [-0.05, 0) is 42.8 Å². The Bertz CT molecular complexity index is 1050. The summed E-state index contributed by atoms with van der Waals surface area (Å²) in [7, 11) is 0. The van der Waals surface area contributed by atoms with Crippen molar-refractivity contribution in [1.82, 2.24) is 9.97 Å². The molecule has 2 aromatic carbocycles. The molecule has 1 amide bonds. The SMILES string of the molecule is O=C(CCc1cc2c(cn1)[nH]c1ccccc12)Nc1ccc(Br)cc1. The van der Waals surface area contributed by atoms with Gasteiger partial charge in [-0.1, -0.05) is 34.1 Å². The third-order valence-electron chi connectivity index (χ3n) is 4.18. The summed E-state index contributed by atoms with van der Waals surface area (Å²) in [5.74, 6) is -0.0110. The Kier molecular flexibility index (Phi) is 4.24. The summed E-state index contributed by atoms with van der Waals surface area (Å²) in [6.07, 6.45) is 2.85. The molecule has 0 radical (unpaired) electrons. The van der Waals surface area contributed by atoms with Gasteiger partial charge in [0.2, 0.25) is 5.91 Å². The van der Waals surface area contributed by atoms with Gasteiger partial charge < -0.3 is 10.3 Å². The maximum absolute atomic E-state index is 12.1. The molecule has 0 saturated carbocycles. The summed E-state index contributed by atoms with van der Waals surface area (Å²) in [6.45, 7) is 0. The molecule has 0 unspecified atom stereocenters. The van der Waals surface area contributed by atoms with Crippen molar-refractivity contribution in [2.75, 3.05) is 5.32 Å². The van der Waals surface area contributed by atoms with Crippen LogP contribution in [0, 0.1) is 0 Å². The van der Waals surface area contributed by atoms with Gasteiger partial charge in [0.15, 0.2) is 0 Å². The van der Waals surface area contributed by atoms with Gasteiger partial charge in [0.1, 0.15) is 0 Å². The number of halogens is 1. The lowest BCUT2D eigenvalue weighted by molar-refractivity contribution is -0.116. The third kappa shape index (κ3) is 3.42. The summed E-state index contributed by atoms with van der Waals surface area (Å²) >= 11 is 3.38. The van der Waals surface area contributed by atoms with Crippen molar-refractivity contribution in [2.45, 2.75) is 12.8 Å². The van der Waals surface area contributed by atoms with Crippen molar-refractivity contribution < 1.29 is 4.79 Å². The van der Waals surface area contributed by atoms with Crippen LogP contribution in [0.4, 0.5) is 5.69 Å². The molecule has 0 saturated heterocycles. The zero-order chi connectivity index (χ0) is 17.2. The highest BCUT2D eigenvalue weighted by molar-refractivity contribution is 9.10. The monoisotopic (exact) mass is 393 g/mol. The van der Waals surface area contributed by atoms with Crippen LogP contribution in [0.15, 0.2) is 65.3 Å². The first-order valence-corrected chi connectivity index (χ1v) is 8.89. The number of carbonyl (C=O) groups excluding carboxylic acids is 1. The predicted molar refractivity (Wildman–Crippen MR) is 105 cm³/mol. The van der Waals surface area contributed by atoms with Crippen molar-refractivity contribution in [3.63, 3.8) is 0 Å². The normalized spacial score (nSPS) is 11.1. The van der Waals surface area contributed by atoms with E-state index in [1.807, 2.05) is 42.6 Å². The van der Waals surface area contributed by atoms with E-state index in [1.54, 1.807) is 0 Å². The Labute approximate surface area is 153 Å². The maximum Gasteiger partial charge on any atom is 0.224 e. The maximum atomic E-state index is 12.1. The zero-order valence-corrected chi connectivity index (χ0v) is 15.0. The Balaban J connectivity index is 1.48. The quantitative estimate of drug-likeness (QED) is 0.509. The molecule has 25 heavy (non-hydrogen) atoms. The molecule has 0 bridgehead atoms. The first kappa shape index (κ1) is 15.8. The highest BCUT2D eigenvalue weighted by Gasteiger charge is 2.08. The van der Waals surface area contributed by atoms with Gasteiger partial charge in [-0.25, -0.2) is 0 Å². The molecule has 0 aliphatic carbocycles. The number of fused-ring (bicyclic) bond motifs is 3. The molecular formula is C20H16BrN3O. The zero-order valence-electron chi connectivity index (χ0n) is 13.4. The third-order valence-corrected chi connectivity index (χ3v) is 4.71. The Morgan fingerprint density at radius 1 is 1.04 bits per heavy atom. The molecule has 0 fully saturated rings. The number of nitrogens with zero attached hydrogens (tertiary/aromatic N) is 1. The van der Waals surface area contributed by atoms with E-state index in [1.165, 1.54) is 5.39 Å². The molecule has 2 aromatic heterocycles. The van der Waals surface area contributed by atoms with Gasteiger partial charge in [-0.2, -0.15) is 0 Å². The minimum Gasteiger partial charge on any atom is -0.353 e. The second kappa shape index (κ2) is 6.69. The second-order valence-electron chi connectivity index (χ2n) is 5.95. The largest absolute Gasteiger partial charge is 0.353 e. The lowest BCUT2D eigenvalue weighted by Gasteiger charge is -2.05. The minimum atomic E-state index is -0.0110. The Morgan fingerprint density at radius 3 is 2.68 bits per heavy atom. The number of hydrogen-bond donors (Lipinski definition) is 2. The molecule has 4 aromatic rings. The smallest absolute Gasteiger partial charge is 0.224 e. The molecule has 4 rings (SSSR count). The number of amides is 1. The van der Waals surface area contributed by atoms with Gasteiger partial charge >= 0.3 is 0 Å². The lowest BCUT2D eigenvalue weighted by atomic mass is 10.1. The predicted octanol–water partition coefficient (Wildman–Crippen LogP) is 5.05. The van der Waals surface area contributed by atoms with Gasteiger partial charge in [0.05, 0.1) is 11.7 Å². The fourth-order valence-electron chi connectivity index (χ4n) is 2.93. The topological polar surface area (TPSA) is 57.8 Å². The van der Waals surface area contributed by atoms with E-state index in [9.17, 15) is 4.79 Å². The molecule has 5 heteroatoms. The standard InChI is InChI=1S/C20H16BrN3O/c21-13-5-7-14(8-6-13)23-20(25)10-9-15-11-17-16-3-1-2-4-18(16)24-19(17)12-22-15/h1-8,11-12,24H,9-10H2,(H,23,25). The summed E-state index contributed by atoms with van der Waals surface area (Å²) in [4.78, 5) is 20.0. The van der Waals surface area contributed by atoms with Gasteiger partial charge in [-0.3, -0.25) is 9.78 Å². The molecule has 0 aliphatic heterocycles. The van der Waals surface area contributed by atoms with Gasteiger partial charge in [0, 0.05) is 38.6 Å². The number of aromatic nitrogens is 2. The number of anilines is 1. The fraction of sp³-hybridized carbons (Fsp3) is 0.100. The van der Waals surface area contributed by atoms with Crippen molar-refractivity contribution >= 4 is 49.3 Å². The van der Waals surface area contributed by atoms with E-state index in [-0.39, 0.29) is 5.91 Å². The number of para-hydroxylation sites is 1. The summed E-state index contributed by atoms with van der Waals surface area (Å²) in [5.41, 5.74) is 3.84. The Hall–Kier alpha value is -2.66. The number of nitrogens with one attached hydrogen (secondary N) is 2. The molecule has 2 heterocycles. The number of benzene rings is 2.